The van der Waals surface area contributed by atoms with Crippen LogP contribution in [0, 0.1) is 0 Å². The summed E-state index contributed by atoms with van der Waals surface area (Å²) in [5.41, 5.74) is 0. The van der Waals surface area contributed by atoms with Crippen molar-refractivity contribution in [2.45, 2.75) is 0 Å². The number of hydrogen-bond acceptors (Lipinski definition) is 1. The van der Waals surface area contributed by atoms with E-state index in [1.165, 1.54) is 15.9 Å². The fourth-order valence-electron chi connectivity index (χ4n) is 2.58. The third-order valence-corrected chi connectivity index (χ3v) is 6.21. The van der Waals surface area contributed by atoms with Gasteiger partial charge in [-0.05, 0) is 36.0 Å². The molecule has 0 radical (unpaired) electrons. The first-order chi connectivity index (χ1) is 12.9. The van der Waals surface area contributed by atoms with Crippen LogP contribution in [-0.2, 0) is 0 Å². The minimum atomic E-state index is -0.446. The summed E-state index contributed by atoms with van der Waals surface area (Å²) in [6, 6.07) is 32.3. The second kappa shape index (κ2) is 10.2. The molecule has 1 heterocycles. The highest BCUT2D eigenvalue weighted by Gasteiger charge is 2.14. The molecule has 0 aromatic heterocycles. The van der Waals surface area contributed by atoms with Crippen molar-refractivity contribution in [2.75, 3.05) is 0 Å². The highest BCUT2D eigenvalue weighted by molar-refractivity contribution is 7.79. The molecule has 0 spiro atoms. The Balaban J connectivity index is 0.000000236. The quantitative estimate of drug-likeness (QED) is 0.676. The monoisotopic (exact) mass is 355 g/mol. The van der Waals surface area contributed by atoms with Gasteiger partial charge in [0.2, 0.25) is 0 Å². The summed E-state index contributed by atoms with van der Waals surface area (Å²) in [5, 5.41) is 7.12. The Morgan fingerprint density at radius 3 is 1.12 bits per heavy atom. The smallest absolute Gasteiger partial charge is 0.000442 e. The Labute approximate surface area is 157 Å². The van der Waals surface area contributed by atoms with Crippen LogP contribution < -0.4 is 21.2 Å². The molecule has 3 aromatic carbocycles. The molecular weight excluding hydrogens is 333 g/mol. The minimum absolute atomic E-state index is 0.446. The normalized spacial score (nSPS) is 12.0. The van der Waals surface area contributed by atoms with Gasteiger partial charge in [0.1, 0.15) is 0 Å². The van der Waals surface area contributed by atoms with Crippen molar-refractivity contribution in [3.05, 3.63) is 128 Å². The zero-order chi connectivity index (χ0) is 17.9. The summed E-state index contributed by atoms with van der Waals surface area (Å²) >= 11 is 0. The molecule has 0 saturated carbocycles. The van der Waals surface area contributed by atoms with E-state index in [1.54, 1.807) is 0 Å². The van der Waals surface area contributed by atoms with Crippen LogP contribution in [-0.4, -0.2) is 0 Å². The number of hydrogen-bond donors (Lipinski definition) is 1. The molecular formula is C24H22NP. The van der Waals surface area contributed by atoms with E-state index in [1.807, 2.05) is 36.7 Å². The summed E-state index contributed by atoms with van der Waals surface area (Å²) in [7, 11) is -0.446. The van der Waals surface area contributed by atoms with Gasteiger partial charge < -0.3 is 5.32 Å². The fourth-order valence-corrected chi connectivity index (χ4v) is 4.89. The topological polar surface area (TPSA) is 12.0 Å². The molecule has 2 heteroatoms. The molecule has 0 fully saturated rings. The van der Waals surface area contributed by atoms with Crippen molar-refractivity contribution < 1.29 is 0 Å². The van der Waals surface area contributed by atoms with E-state index >= 15 is 0 Å². The van der Waals surface area contributed by atoms with E-state index < -0.39 is 7.92 Å². The van der Waals surface area contributed by atoms with Gasteiger partial charge in [0.05, 0.1) is 0 Å². The van der Waals surface area contributed by atoms with E-state index in [9.17, 15) is 0 Å². The van der Waals surface area contributed by atoms with Gasteiger partial charge in [-0.3, -0.25) is 0 Å². The van der Waals surface area contributed by atoms with E-state index in [-0.39, 0.29) is 0 Å². The average molecular weight is 355 g/mol. The predicted molar refractivity (Wildman–Crippen MR) is 116 cm³/mol. The third-order valence-electron chi connectivity index (χ3n) is 3.76. The molecule has 0 aliphatic carbocycles. The first kappa shape index (κ1) is 17.9. The van der Waals surface area contributed by atoms with E-state index in [0.29, 0.717) is 0 Å². The highest BCUT2D eigenvalue weighted by Crippen LogP contribution is 2.32. The Morgan fingerprint density at radius 1 is 0.423 bits per heavy atom. The van der Waals surface area contributed by atoms with Crippen LogP contribution in [0.4, 0.5) is 0 Å². The maximum Gasteiger partial charge on any atom is 0.000442 e. The van der Waals surface area contributed by atoms with Crippen LogP contribution >= 0.6 is 7.92 Å². The van der Waals surface area contributed by atoms with Crippen LogP contribution in [0.3, 0.4) is 0 Å². The molecule has 4 rings (SSSR count). The largest absolute Gasteiger partial charge is 0.368 e. The molecule has 26 heavy (non-hydrogen) atoms. The van der Waals surface area contributed by atoms with Gasteiger partial charge in [-0.15, -0.1) is 0 Å². The molecule has 0 atom stereocenters. The lowest BCUT2D eigenvalue weighted by Gasteiger charge is -2.18. The second-order valence-electron chi connectivity index (χ2n) is 5.61. The lowest BCUT2D eigenvalue weighted by atomic mass is 10.4. The Morgan fingerprint density at radius 2 is 0.769 bits per heavy atom. The molecule has 128 valence electrons. The highest BCUT2D eigenvalue weighted by atomic mass is 31.1. The van der Waals surface area contributed by atoms with Gasteiger partial charge in [0.25, 0.3) is 0 Å². The lowest BCUT2D eigenvalue weighted by molar-refractivity contribution is 1.20. The lowest BCUT2D eigenvalue weighted by Crippen LogP contribution is -2.20. The molecule has 0 amide bonds. The summed E-state index contributed by atoms with van der Waals surface area (Å²) < 4.78 is 0. The second-order valence-corrected chi connectivity index (χ2v) is 7.83. The van der Waals surface area contributed by atoms with Crippen molar-refractivity contribution in [2.24, 2.45) is 0 Å². The fraction of sp³-hybridized carbons (Fsp3) is 0. The maximum absolute atomic E-state index is 2.92. The van der Waals surface area contributed by atoms with E-state index in [0.717, 1.165) is 0 Å². The zero-order valence-corrected chi connectivity index (χ0v) is 15.5. The third kappa shape index (κ3) is 5.31. The van der Waals surface area contributed by atoms with Crippen LogP contribution in [0.5, 0.6) is 0 Å². The predicted octanol–water partition coefficient (Wildman–Crippen LogP) is 4.62. The van der Waals surface area contributed by atoms with Gasteiger partial charge in [-0.2, -0.15) is 0 Å². The number of nitrogens with one attached hydrogen (secondary N) is 1. The standard InChI is InChI=1S/C18H15P.C6H7N/c1-4-10-16(11-5-1)19(17-12-6-2-7-13-17)18-14-8-3-9-15-18;1-2-4-6-7-5-3-1/h1-15H;1-7H. The SMILES string of the molecule is C1=CC=CNC=C1.c1ccc(P(c2ccccc2)c2ccccc2)cc1. The molecule has 1 N–H and O–H groups in total. The Hall–Kier alpha value is -2.89. The van der Waals surface area contributed by atoms with Gasteiger partial charge >= 0.3 is 0 Å². The molecule has 1 nitrogen and oxygen atoms in total. The Kier molecular flexibility index (Phi) is 7.02. The van der Waals surface area contributed by atoms with Crippen molar-refractivity contribution in [3.8, 4) is 0 Å². The summed E-state index contributed by atoms with van der Waals surface area (Å²) in [4.78, 5) is 0. The molecule has 1 aliphatic rings. The zero-order valence-electron chi connectivity index (χ0n) is 14.6. The van der Waals surface area contributed by atoms with E-state index in [2.05, 4.69) is 96.3 Å². The van der Waals surface area contributed by atoms with Crippen LogP contribution in [0.15, 0.2) is 128 Å². The molecule has 0 saturated heterocycles. The molecule has 1 aliphatic heterocycles. The van der Waals surface area contributed by atoms with Crippen molar-refractivity contribution in [1.29, 1.82) is 0 Å². The first-order valence-corrected chi connectivity index (χ1v) is 9.99. The number of benzene rings is 3. The summed E-state index contributed by atoms with van der Waals surface area (Å²) in [5.74, 6) is 0. The molecule has 0 bridgehead atoms. The average Bonchev–Trinajstić information content (AvgIpc) is 3.04. The minimum Gasteiger partial charge on any atom is -0.368 e. The van der Waals surface area contributed by atoms with Gasteiger partial charge in [-0.25, -0.2) is 0 Å². The molecule has 0 unspecified atom stereocenters. The van der Waals surface area contributed by atoms with Crippen molar-refractivity contribution >= 4 is 23.8 Å². The van der Waals surface area contributed by atoms with Crippen LogP contribution in [0.1, 0.15) is 0 Å². The van der Waals surface area contributed by atoms with Gasteiger partial charge in [-0.1, -0.05) is 103 Å². The summed E-state index contributed by atoms with van der Waals surface area (Å²) in [6.45, 7) is 0. The summed E-state index contributed by atoms with van der Waals surface area (Å²) in [6.07, 6.45) is 11.6. The number of rotatable bonds is 3. The molecule has 3 aromatic rings. The number of allylic oxidation sites excluding steroid dienone is 4. The Bertz CT molecular complexity index is 745. The van der Waals surface area contributed by atoms with Crippen LogP contribution in [0.25, 0.3) is 0 Å². The van der Waals surface area contributed by atoms with Crippen molar-refractivity contribution in [1.82, 2.24) is 5.32 Å². The van der Waals surface area contributed by atoms with Gasteiger partial charge in [0, 0.05) is 12.4 Å². The maximum atomic E-state index is 2.92. The van der Waals surface area contributed by atoms with Gasteiger partial charge in [0.15, 0.2) is 0 Å². The first-order valence-electron chi connectivity index (χ1n) is 8.65. The van der Waals surface area contributed by atoms with Crippen LogP contribution in [0.2, 0.25) is 0 Å². The van der Waals surface area contributed by atoms with E-state index in [4.69, 9.17) is 0 Å². The van der Waals surface area contributed by atoms with Crippen molar-refractivity contribution in [3.63, 3.8) is 0 Å².